The SMILES string of the molecule is COC(=O)c1ccc(N)c(OCc2cc(C)ccc2C)c1. The Morgan fingerprint density at radius 2 is 1.90 bits per heavy atom. The smallest absolute Gasteiger partial charge is 0.337 e. The minimum Gasteiger partial charge on any atom is -0.487 e. The molecule has 0 aliphatic rings. The van der Waals surface area contributed by atoms with Crippen molar-refractivity contribution in [1.82, 2.24) is 0 Å². The van der Waals surface area contributed by atoms with Crippen LogP contribution in [-0.2, 0) is 11.3 Å². The zero-order valence-electron chi connectivity index (χ0n) is 12.5. The molecule has 0 unspecified atom stereocenters. The number of esters is 1. The Balaban J connectivity index is 2.19. The van der Waals surface area contributed by atoms with Gasteiger partial charge in [0.2, 0.25) is 0 Å². The van der Waals surface area contributed by atoms with Crippen LogP contribution in [0.2, 0.25) is 0 Å². The largest absolute Gasteiger partial charge is 0.487 e. The minimum absolute atomic E-state index is 0.405. The Hall–Kier alpha value is -2.49. The molecule has 0 aromatic heterocycles. The van der Waals surface area contributed by atoms with Crippen LogP contribution in [0.4, 0.5) is 5.69 Å². The number of carbonyl (C=O) groups excluding carboxylic acids is 1. The maximum absolute atomic E-state index is 11.5. The van der Waals surface area contributed by atoms with E-state index in [0.717, 1.165) is 11.1 Å². The molecule has 2 aromatic carbocycles. The molecule has 0 heterocycles. The Labute approximate surface area is 124 Å². The summed E-state index contributed by atoms with van der Waals surface area (Å²) in [5.74, 6) is 0.0744. The predicted octanol–water partition coefficient (Wildman–Crippen LogP) is 3.25. The third kappa shape index (κ3) is 3.54. The van der Waals surface area contributed by atoms with Crippen LogP contribution in [0.25, 0.3) is 0 Å². The van der Waals surface area contributed by atoms with Crippen LogP contribution in [0, 0.1) is 13.8 Å². The highest BCUT2D eigenvalue weighted by Crippen LogP contribution is 2.25. The summed E-state index contributed by atoms with van der Waals surface area (Å²) >= 11 is 0. The van der Waals surface area contributed by atoms with Crippen LogP contribution >= 0.6 is 0 Å². The quantitative estimate of drug-likeness (QED) is 0.692. The molecule has 0 spiro atoms. The molecule has 0 bridgehead atoms. The number of aryl methyl sites for hydroxylation is 2. The summed E-state index contributed by atoms with van der Waals surface area (Å²) < 4.78 is 10.5. The van der Waals surface area contributed by atoms with Gasteiger partial charge in [-0.2, -0.15) is 0 Å². The van der Waals surface area contributed by atoms with Crippen molar-refractivity contribution in [2.75, 3.05) is 12.8 Å². The van der Waals surface area contributed by atoms with Gasteiger partial charge in [0.25, 0.3) is 0 Å². The molecule has 2 rings (SSSR count). The van der Waals surface area contributed by atoms with Gasteiger partial charge in [0.15, 0.2) is 0 Å². The molecule has 0 atom stereocenters. The van der Waals surface area contributed by atoms with Crippen molar-refractivity contribution in [3.63, 3.8) is 0 Å². The molecular weight excluding hydrogens is 266 g/mol. The first kappa shape index (κ1) is 14.9. The topological polar surface area (TPSA) is 61.5 Å². The van der Waals surface area contributed by atoms with E-state index in [1.54, 1.807) is 18.2 Å². The fraction of sp³-hybridized carbons (Fsp3) is 0.235. The lowest BCUT2D eigenvalue weighted by molar-refractivity contribution is 0.0600. The molecule has 4 heteroatoms. The number of hydrogen-bond donors (Lipinski definition) is 1. The van der Waals surface area contributed by atoms with Crippen LogP contribution < -0.4 is 10.5 Å². The Bertz CT molecular complexity index is 665. The van der Waals surface area contributed by atoms with Gasteiger partial charge in [0.05, 0.1) is 18.4 Å². The van der Waals surface area contributed by atoms with E-state index in [-0.39, 0.29) is 0 Å². The standard InChI is InChI=1S/C17H19NO3/c1-11-4-5-12(2)14(8-11)10-21-16-9-13(17(19)20-3)6-7-15(16)18/h4-9H,10,18H2,1-3H3. The number of rotatable bonds is 4. The molecule has 2 N–H and O–H groups in total. The Morgan fingerprint density at radius 3 is 2.62 bits per heavy atom. The van der Waals surface area contributed by atoms with E-state index in [1.165, 1.54) is 12.7 Å². The highest BCUT2D eigenvalue weighted by Gasteiger charge is 2.10. The average molecular weight is 285 g/mol. The van der Waals surface area contributed by atoms with Crippen LogP contribution in [0.15, 0.2) is 36.4 Å². The lowest BCUT2D eigenvalue weighted by Crippen LogP contribution is -2.05. The van der Waals surface area contributed by atoms with E-state index < -0.39 is 5.97 Å². The van der Waals surface area contributed by atoms with Crippen LogP contribution in [0.3, 0.4) is 0 Å². The summed E-state index contributed by atoms with van der Waals surface area (Å²) in [7, 11) is 1.34. The molecule has 0 saturated carbocycles. The normalized spacial score (nSPS) is 10.2. The first-order valence-electron chi connectivity index (χ1n) is 6.68. The van der Waals surface area contributed by atoms with Gasteiger partial charge in [-0.1, -0.05) is 23.8 Å². The van der Waals surface area contributed by atoms with Gasteiger partial charge < -0.3 is 15.2 Å². The number of nitrogens with two attached hydrogens (primary N) is 1. The van der Waals surface area contributed by atoms with Crippen molar-refractivity contribution in [3.8, 4) is 5.75 Å². The number of carbonyl (C=O) groups is 1. The van der Waals surface area contributed by atoms with Crippen LogP contribution in [0.1, 0.15) is 27.0 Å². The van der Waals surface area contributed by atoms with Gasteiger partial charge in [-0.15, -0.1) is 0 Å². The van der Waals surface area contributed by atoms with Gasteiger partial charge in [-0.25, -0.2) is 4.79 Å². The lowest BCUT2D eigenvalue weighted by Gasteiger charge is -2.12. The summed E-state index contributed by atoms with van der Waals surface area (Å²) in [4.78, 5) is 11.5. The molecule has 4 nitrogen and oxygen atoms in total. The molecule has 0 aliphatic heterocycles. The second kappa shape index (κ2) is 6.31. The summed E-state index contributed by atoms with van der Waals surface area (Å²) in [5, 5.41) is 0. The summed E-state index contributed by atoms with van der Waals surface area (Å²) in [6, 6.07) is 11.1. The van der Waals surface area contributed by atoms with Crippen LogP contribution in [-0.4, -0.2) is 13.1 Å². The van der Waals surface area contributed by atoms with Gasteiger partial charge >= 0.3 is 5.97 Å². The first-order valence-corrected chi connectivity index (χ1v) is 6.68. The van der Waals surface area contributed by atoms with E-state index in [4.69, 9.17) is 15.2 Å². The molecule has 0 amide bonds. The van der Waals surface area contributed by atoms with E-state index in [0.29, 0.717) is 23.6 Å². The molecule has 0 radical (unpaired) electrons. The number of benzene rings is 2. The van der Waals surface area contributed by atoms with Crippen molar-refractivity contribution >= 4 is 11.7 Å². The summed E-state index contributed by atoms with van der Waals surface area (Å²) in [6.45, 7) is 4.48. The number of methoxy groups -OCH3 is 1. The van der Waals surface area contributed by atoms with Crippen LogP contribution in [0.5, 0.6) is 5.75 Å². The first-order chi connectivity index (χ1) is 10.0. The third-order valence-electron chi connectivity index (χ3n) is 3.32. The van der Waals surface area contributed by atoms with Crippen molar-refractivity contribution in [1.29, 1.82) is 0 Å². The maximum atomic E-state index is 11.5. The number of anilines is 1. The van der Waals surface area contributed by atoms with Crippen molar-refractivity contribution in [2.45, 2.75) is 20.5 Å². The predicted molar refractivity (Wildman–Crippen MR) is 82.4 cm³/mol. The molecule has 2 aromatic rings. The second-order valence-electron chi connectivity index (χ2n) is 4.96. The Kier molecular flexibility index (Phi) is 4.48. The van der Waals surface area contributed by atoms with Crippen molar-refractivity contribution in [3.05, 3.63) is 58.7 Å². The second-order valence-corrected chi connectivity index (χ2v) is 4.96. The van der Waals surface area contributed by atoms with Crippen molar-refractivity contribution in [2.24, 2.45) is 0 Å². The zero-order valence-corrected chi connectivity index (χ0v) is 12.5. The van der Waals surface area contributed by atoms with Gasteiger partial charge in [0.1, 0.15) is 12.4 Å². The fourth-order valence-electron chi connectivity index (χ4n) is 2.02. The molecule has 0 aliphatic carbocycles. The van der Waals surface area contributed by atoms with E-state index in [1.807, 2.05) is 13.8 Å². The zero-order chi connectivity index (χ0) is 15.4. The third-order valence-corrected chi connectivity index (χ3v) is 3.32. The monoisotopic (exact) mass is 285 g/mol. The van der Waals surface area contributed by atoms with Gasteiger partial charge in [0, 0.05) is 0 Å². The van der Waals surface area contributed by atoms with E-state index >= 15 is 0 Å². The number of ether oxygens (including phenoxy) is 2. The Morgan fingerprint density at radius 1 is 1.14 bits per heavy atom. The van der Waals surface area contributed by atoms with E-state index in [9.17, 15) is 4.79 Å². The highest BCUT2D eigenvalue weighted by molar-refractivity contribution is 5.90. The fourth-order valence-corrected chi connectivity index (χ4v) is 2.02. The lowest BCUT2D eigenvalue weighted by atomic mass is 10.1. The van der Waals surface area contributed by atoms with E-state index in [2.05, 4.69) is 18.2 Å². The highest BCUT2D eigenvalue weighted by atomic mass is 16.5. The maximum Gasteiger partial charge on any atom is 0.337 e. The molecule has 0 fully saturated rings. The molecular formula is C17H19NO3. The average Bonchev–Trinajstić information content (AvgIpc) is 2.48. The molecule has 21 heavy (non-hydrogen) atoms. The van der Waals surface area contributed by atoms with Crippen molar-refractivity contribution < 1.29 is 14.3 Å². The van der Waals surface area contributed by atoms with Gasteiger partial charge in [-0.3, -0.25) is 0 Å². The number of nitrogen functional groups attached to an aromatic ring is 1. The minimum atomic E-state index is -0.411. The number of hydrogen-bond acceptors (Lipinski definition) is 4. The summed E-state index contributed by atoms with van der Waals surface area (Å²) in [6.07, 6.45) is 0. The van der Waals surface area contributed by atoms with Gasteiger partial charge in [-0.05, 0) is 43.2 Å². The molecule has 110 valence electrons. The molecule has 0 saturated heterocycles. The summed E-state index contributed by atoms with van der Waals surface area (Å²) in [5.41, 5.74) is 10.2.